The van der Waals surface area contributed by atoms with Crippen molar-refractivity contribution in [2.75, 3.05) is 0 Å². The zero-order valence-corrected chi connectivity index (χ0v) is 6.95. The number of hydrogen-bond acceptors (Lipinski definition) is 3. The number of carbonyl (C=O) groups excluding carboxylic acids is 1. The van der Waals surface area contributed by atoms with Crippen LogP contribution in [0, 0.1) is 5.92 Å². The molecule has 0 radical (unpaired) electrons. The van der Waals surface area contributed by atoms with Gasteiger partial charge in [-0.05, 0) is 25.7 Å². The van der Waals surface area contributed by atoms with Crippen molar-refractivity contribution in [3.63, 3.8) is 0 Å². The first-order valence-electron chi connectivity index (χ1n) is 4.48. The van der Waals surface area contributed by atoms with Crippen LogP contribution in [0.15, 0.2) is 0 Å². The Morgan fingerprint density at radius 3 is 2.58 bits per heavy atom. The van der Waals surface area contributed by atoms with Crippen LogP contribution < -0.4 is 11.1 Å². The van der Waals surface area contributed by atoms with Crippen LogP contribution in [0.1, 0.15) is 25.7 Å². The lowest BCUT2D eigenvalue weighted by atomic mass is 10.4. The van der Waals surface area contributed by atoms with Crippen molar-refractivity contribution in [2.24, 2.45) is 11.7 Å². The van der Waals surface area contributed by atoms with Crippen LogP contribution in [0.4, 0.5) is 4.79 Å². The molecule has 1 unspecified atom stereocenters. The Bertz CT molecular complexity index is 187. The van der Waals surface area contributed by atoms with Gasteiger partial charge in [-0.15, -0.1) is 0 Å². The van der Waals surface area contributed by atoms with Gasteiger partial charge in [-0.25, -0.2) is 4.79 Å². The second-order valence-electron chi connectivity index (χ2n) is 3.63. The number of nitrogens with two attached hydrogens (primary N) is 1. The standard InChI is InChI=1S/C8H14N2O2/c9-7(5-1-2-5)12-8(11)10-6-3-4-6/h5-7H,1-4,9H2,(H,10,11). The quantitative estimate of drug-likeness (QED) is 0.608. The van der Waals surface area contributed by atoms with Gasteiger partial charge in [0.05, 0.1) is 0 Å². The molecule has 0 aromatic rings. The number of hydrogen-bond donors (Lipinski definition) is 2. The number of rotatable bonds is 3. The summed E-state index contributed by atoms with van der Waals surface area (Å²) in [6.07, 6.45) is 3.61. The minimum absolute atomic E-state index is 0.350. The van der Waals surface area contributed by atoms with Crippen LogP contribution in [0.25, 0.3) is 0 Å². The minimum Gasteiger partial charge on any atom is -0.430 e. The van der Waals surface area contributed by atoms with Gasteiger partial charge in [0.25, 0.3) is 0 Å². The predicted octanol–water partition coefficient (Wildman–Crippen LogP) is 0.570. The van der Waals surface area contributed by atoms with Gasteiger partial charge < -0.3 is 10.1 Å². The highest BCUT2D eigenvalue weighted by Gasteiger charge is 2.32. The molecular weight excluding hydrogens is 156 g/mol. The summed E-state index contributed by atoms with van der Waals surface area (Å²) in [6, 6.07) is 0.351. The Balaban J connectivity index is 1.65. The molecule has 2 saturated carbocycles. The van der Waals surface area contributed by atoms with Gasteiger partial charge in [0.15, 0.2) is 6.23 Å². The lowest BCUT2D eigenvalue weighted by Gasteiger charge is -2.11. The molecule has 0 saturated heterocycles. The maximum absolute atomic E-state index is 11.0. The van der Waals surface area contributed by atoms with E-state index in [1.54, 1.807) is 0 Å². The van der Waals surface area contributed by atoms with Crippen LogP contribution in [0.3, 0.4) is 0 Å². The molecule has 2 rings (SSSR count). The zero-order chi connectivity index (χ0) is 8.55. The Kier molecular flexibility index (Phi) is 1.92. The maximum atomic E-state index is 11.0. The molecule has 4 heteroatoms. The zero-order valence-electron chi connectivity index (χ0n) is 6.95. The molecule has 2 aliphatic rings. The molecule has 0 aromatic heterocycles. The number of nitrogens with one attached hydrogen (secondary N) is 1. The van der Waals surface area contributed by atoms with E-state index in [-0.39, 0.29) is 12.3 Å². The second-order valence-corrected chi connectivity index (χ2v) is 3.63. The van der Waals surface area contributed by atoms with Gasteiger partial charge in [-0.2, -0.15) is 0 Å². The van der Waals surface area contributed by atoms with Crippen molar-refractivity contribution in [1.82, 2.24) is 5.32 Å². The number of alkyl carbamates (subject to hydrolysis) is 1. The van der Waals surface area contributed by atoms with Crippen molar-refractivity contribution in [2.45, 2.75) is 38.0 Å². The second kappa shape index (κ2) is 2.94. The number of carbonyl (C=O) groups is 1. The minimum atomic E-state index is -0.385. The molecule has 1 amide bonds. The molecule has 68 valence electrons. The third-order valence-electron chi connectivity index (χ3n) is 2.23. The monoisotopic (exact) mass is 170 g/mol. The fourth-order valence-corrected chi connectivity index (χ4v) is 1.07. The maximum Gasteiger partial charge on any atom is 0.408 e. The summed E-state index contributed by atoms with van der Waals surface area (Å²) in [5.41, 5.74) is 5.59. The van der Waals surface area contributed by atoms with E-state index in [2.05, 4.69) is 5.32 Å². The van der Waals surface area contributed by atoms with Crippen molar-refractivity contribution in [1.29, 1.82) is 0 Å². The van der Waals surface area contributed by atoms with Gasteiger partial charge in [0.2, 0.25) is 0 Å². The first-order chi connectivity index (χ1) is 5.75. The highest BCUT2D eigenvalue weighted by Crippen LogP contribution is 2.32. The summed E-state index contributed by atoms with van der Waals surface area (Å²) >= 11 is 0. The van der Waals surface area contributed by atoms with Crippen molar-refractivity contribution in [3.05, 3.63) is 0 Å². The molecule has 0 spiro atoms. The molecule has 0 bridgehead atoms. The van der Waals surface area contributed by atoms with E-state index in [9.17, 15) is 4.79 Å². The van der Waals surface area contributed by atoms with Crippen molar-refractivity contribution >= 4 is 6.09 Å². The number of ether oxygens (including phenoxy) is 1. The molecule has 0 aliphatic heterocycles. The molecule has 0 aromatic carbocycles. The molecule has 2 aliphatic carbocycles. The van der Waals surface area contributed by atoms with E-state index in [1.807, 2.05) is 0 Å². The average Bonchev–Trinajstić information content (AvgIpc) is 2.83. The summed E-state index contributed by atoms with van der Waals surface area (Å²) in [4.78, 5) is 11.0. The Morgan fingerprint density at radius 2 is 2.08 bits per heavy atom. The highest BCUT2D eigenvalue weighted by molar-refractivity contribution is 5.68. The third kappa shape index (κ3) is 2.11. The molecule has 1 atom stereocenters. The fourth-order valence-electron chi connectivity index (χ4n) is 1.07. The van der Waals surface area contributed by atoms with Crippen LogP contribution >= 0.6 is 0 Å². The third-order valence-corrected chi connectivity index (χ3v) is 2.23. The Morgan fingerprint density at radius 1 is 1.42 bits per heavy atom. The lowest BCUT2D eigenvalue weighted by molar-refractivity contribution is 0.0885. The van der Waals surface area contributed by atoms with E-state index >= 15 is 0 Å². The van der Waals surface area contributed by atoms with Crippen molar-refractivity contribution < 1.29 is 9.53 Å². The molecule has 4 nitrogen and oxygen atoms in total. The van der Waals surface area contributed by atoms with Crippen LogP contribution in [-0.4, -0.2) is 18.4 Å². The first-order valence-corrected chi connectivity index (χ1v) is 4.48. The van der Waals surface area contributed by atoms with Gasteiger partial charge in [0, 0.05) is 12.0 Å². The summed E-state index contributed by atoms with van der Waals surface area (Å²) < 4.78 is 4.95. The summed E-state index contributed by atoms with van der Waals surface area (Å²) in [6.45, 7) is 0. The molecule has 12 heavy (non-hydrogen) atoms. The molecule has 0 heterocycles. The van der Waals surface area contributed by atoms with E-state index in [1.165, 1.54) is 0 Å². The average molecular weight is 170 g/mol. The van der Waals surface area contributed by atoms with E-state index in [0.29, 0.717) is 12.0 Å². The SMILES string of the molecule is NC(OC(=O)NC1CC1)C1CC1. The largest absolute Gasteiger partial charge is 0.430 e. The normalized spacial score (nSPS) is 24.8. The molecular formula is C8H14N2O2. The van der Waals surface area contributed by atoms with Gasteiger partial charge >= 0.3 is 6.09 Å². The highest BCUT2D eigenvalue weighted by atomic mass is 16.6. The van der Waals surface area contributed by atoms with Crippen LogP contribution in [0.5, 0.6) is 0 Å². The summed E-state index contributed by atoms with van der Waals surface area (Å²) in [5.74, 6) is 0.412. The predicted molar refractivity (Wildman–Crippen MR) is 43.3 cm³/mol. The van der Waals surface area contributed by atoms with Crippen LogP contribution in [-0.2, 0) is 4.74 Å². The number of amides is 1. The van der Waals surface area contributed by atoms with Gasteiger partial charge in [0.1, 0.15) is 0 Å². The Hall–Kier alpha value is -0.770. The fraction of sp³-hybridized carbons (Fsp3) is 0.875. The van der Waals surface area contributed by atoms with Crippen molar-refractivity contribution in [3.8, 4) is 0 Å². The first kappa shape index (κ1) is 7.86. The van der Waals surface area contributed by atoms with Gasteiger partial charge in [-0.3, -0.25) is 5.73 Å². The topological polar surface area (TPSA) is 64.3 Å². The molecule has 2 fully saturated rings. The van der Waals surface area contributed by atoms with E-state index in [4.69, 9.17) is 10.5 Å². The van der Waals surface area contributed by atoms with E-state index in [0.717, 1.165) is 25.7 Å². The van der Waals surface area contributed by atoms with Gasteiger partial charge in [-0.1, -0.05) is 0 Å². The smallest absolute Gasteiger partial charge is 0.408 e. The van der Waals surface area contributed by atoms with Crippen LogP contribution in [0.2, 0.25) is 0 Å². The molecule has 3 N–H and O–H groups in total. The summed E-state index contributed by atoms with van der Waals surface area (Å²) in [5, 5.41) is 2.73. The lowest BCUT2D eigenvalue weighted by Crippen LogP contribution is -2.35. The summed E-state index contributed by atoms with van der Waals surface area (Å²) in [7, 11) is 0. The van der Waals surface area contributed by atoms with E-state index < -0.39 is 0 Å². The Labute approximate surface area is 71.4 Å².